The average Bonchev–Trinajstić information content (AvgIpc) is 2.37. The number of unbranched alkanes of at least 4 members (excludes halogenated alkanes) is 4. The van der Waals surface area contributed by atoms with Crippen LogP contribution in [-0.4, -0.2) is 27.6 Å². The van der Waals surface area contributed by atoms with Crippen LogP contribution in [0.5, 0.6) is 0 Å². The van der Waals surface area contributed by atoms with Crippen molar-refractivity contribution >= 4 is 8.07 Å². The molecule has 3 heteroatoms. The molecule has 1 aliphatic rings. The first kappa shape index (κ1) is 16.8. The molecular formula is C16H30O2Si. The predicted octanol–water partition coefficient (Wildman–Crippen LogP) is 4.36. The van der Waals surface area contributed by atoms with E-state index in [4.69, 9.17) is 9.47 Å². The fourth-order valence-electron chi connectivity index (χ4n) is 2.05. The standard InChI is InChI=1S/C16H30O2Si/c1-19(2,3)15-11-7-5-4-6-9-13-17-16-12-8-10-14-18-16/h16H,4-10,12-14H2,1-3H3. The number of hydrogen-bond acceptors (Lipinski definition) is 2. The summed E-state index contributed by atoms with van der Waals surface area (Å²) < 4.78 is 11.2. The molecule has 110 valence electrons. The summed E-state index contributed by atoms with van der Waals surface area (Å²) in [6.45, 7) is 8.62. The molecule has 1 atom stereocenters. The maximum absolute atomic E-state index is 5.71. The lowest BCUT2D eigenvalue weighted by atomic mass is 10.1. The third-order valence-corrected chi connectivity index (χ3v) is 4.03. The smallest absolute Gasteiger partial charge is 0.157 e. The van der Waals surface area contributed by atoms with E-state index in [0.717, 1.165) is 32.5 Å². The second-order valence-electron chi connectivity index (χ2n) is 6.38. The highest BCUT2D eigenvalue weighted by Crippen LogP contribution is 2.14. The van der Waals surface area contributed by atoms with Crippen molar-refractivity contribution in [3.05, 3.63) is 0 Å². The molecule has 1 rings (SSSR count). The van der Waals surface area contributed by atoms with E-state index >= 15 is 0 Å². The van der Waals surface area contributed by atoms with Crippen LogP contribution in [0, 0.1) is 11.5 Å². The molecule has 0 aromatic rings. The highest BCUT2D eigenvalue weighted by molar-refractivity contribution is 6.83. The normalized spacial score (nSPS) is 19.8. The highest BCUT2D eigenvalue weighted by atomic mass is 28.3. The molecule has 1 saturated heterocycles. The van der Waals surface area contributed by atoms with Gasteiger partial charge in [-0.15, -0.1) is 11.5 Å². The first-order valence-electron chi connectivity index (χ1n) is 7.81. The summed E-state index contributed by atoms with van der Waals surface area (Å²) in [5, 5.41) is 0. The number of hydrogen-bond donors (Lipinski definition) is 0. The third-order valence-electron chi connectivity index (χ3n) is 3.10. The largest absolute Gasteiger partial charge is 0.353 e. The van der Waals surface area contributed by atoms with Crippen LogP contribution in [0.4, 0.5) is 0 Å². The summed E-state index contributed by atoms with van der Waals surface area (Å²) in [6, 6.07) is 0. The van der Waals surface area contributed by atoms with E-state index in [1.54, 1.807) is 0 Å². The highest BCUT2D eigenvalue weighted by Gasteiger charge is 2.13. The molecule has 0 aromatic carbocycles. The third kappa shape index (κ3) is 10.2. The Morgan fingerprint density at radius 1 is 1.11 bits per heavy atom. The van der Waals surface area contributed by atoms with Crippen LogP contribution < -0.4 is 0 Å². The van der Waals surface area contributed by atoms with E-state index < -0.39 is 8.07 Å². The first-order chi connectivity index (χ1) is 9.08. The molecule has 1 aliphatic heterocycles. The summed E-state index contributed by atoms with van der Waals surface area (Å²) in [5.74, 6) is 3.33. The Labute approximate surface area is 120 Å². The van der Waals surface area contributed by atoms with Crippen molar-refractivity contribution < 1.29 is 9.47 Å². The lowest BCUT2D eigenvalue weighted by Crippen LogP contribution is -2.22. The van der Waals surface area contributed by atoms with E-state index in [1.807, 2.05) is 0 Å². The van der Waals surface area contributed by atoms with Gasteiger partial charge in [-0.3, -0.25) is 0 Å². The van der Waals surface area contributed by atoms with Gasteiger partial charge in [0, 0.05) is 19.6 Å². The Morgan fingerprint density at radius 2 is 1.89 bits per heavy atom. The number of ether oxygens (including phenoxy) is 2. The summed E-state index contributed by atoms with van der Waals surface area (Å²) in [6.07, 6.45) is 9.58. The van der Waals surface area contributed by atoms with Gasteiger partial charge in [0.05, 0.1) is 0 Å². The van der Waals surface area contributed by atoms with Crippen molar-refractivity contribution in [1.29, 1.82) is 0 Å². The van der Waals surface area contributed by atoms with E-state index in [-0.39, 0.29) is 6.29 Å². The van der Waals surface area contributed by atoms with E-state index in [1.165, 1.54) is 32.1 Å². The van der Waals surface area contributed by atoms with Crippen molar-refractivity contribution in [1.82, 2.24) is 0 Å². The molecule has 1 fully saturated rings. The predicted molar refractivity (Wildman–Crippen MR) is 83.8 cm³/mol. The van der Waals surface area contributed by atoms with Gasteiger partial charge in [-0.25, -0.2) is 0 Å². The lowest BCUT2D eigenvalue weighted by Gasteiger charge is -2.22. The van der Waals surface area contributed by atoms with Gasteiger partial charge in [0.25, 0.3) is 0 Å². The molecule has 0 spiro atoms. The van der Waals surface area contributed by atoms with Crippen molar-refractivity contribution in [3.8, 4) is 11.5 Å². The van der Waals surface area contributed by atoms with Crippen LogP contribution in [0.3, 0.4) is 0 Å². The molecule has 19 heavy (non-hydrogen) atoms. The van der Waals surface area contributed by atoms with Gasteiger partial charge >= 0.3 is 0 Å². The quantitative estimate of drug-likeness (QED) is 0.392. The van der Waals surface area contributed by atoms with Crippen molar-refractivity contribution in [2.24, 2.45) is 0 Å². The molecule has 2 nitrogen and oxygen atoms in total. The van der Waals surface area contributed by atoms with Crippen LogP contribution >= 0.6 is 0 Å². The SMILES string of the molecule is C[Si](C)(C)C#CCCCCCCOC1CCCCO1. The van der Waals surface area contributed by atoms with Gasteiger partial charge < -0.3 is 9.47 Å². The van der Waals surface area contributed by atoms with Crippen LogP contribution in [-0.2, 0) is 9.47 Å². The molecule has 0 bridgehead atoms. The molecule has 0 saturated carbocycles. The lowest BCUT2D eigenvalue weighted by molar-refractivity contribution is -0.162. The second kappa shape index (κ2) is 9.58. The van der Waals surface area contributed by atoms with Crippen LogP contribution in [0.15, 0.2) is 0 Å². The van der Waals surface area contributed by atoms with Crippen LogP contribution in [0.1, 0.15) is 51.4 Å². The average molecular weight is 282 g/mol. The Balaban J connectivity index is 1.86. The van der Waals surface area contributed by atoms with E-state index in [9.17, 15) is 0 Å². The summed E-state index contributed by atoms with van der Waals surface area (Å²) >= 11 is 0. The number of rotatable bonds is 7. The monoisotopic (exact) mass is 282 g/mol. The van der Waals surface area contributed by atoms with Crippen LogP contribution in [0.25, 0.3) is 0 Å². The second-order valence-corrected chi connectivity index (χ2v) is 11.1. The first-order valence-corrected chi connectivity index (χ1v) is 11.3. The maximum Gasteiger partial charge on any atom is 0.157 e. The zero-order valence-corrected chi connectivity index (χ0v) is 14.0. The van der Waals surface area contributed by atoms with Gasteiger partial charge in [0.2, 0.25) is 0 Å². The maximum atomic E-state index is 5.71. The van der Waals surface area contributed by atoms with E-state index in [2.05, 4.69) is 31.1 Å². The molecular weight excluding hydrogens is 252 g/mol. The Bertz CT molecular complexity index is 279. The minimum Gasteiger partial charge on any atom is -0.353 e. The fourth-order valence-corrected chi connectivity index (χ4v) is 2.71. The van der Waals surface area contributed by atoms with Gasteiger partial charge in [0.1, 0.15) is 8.07 Å². The Morgan fingerprint density at radius 3 is 2.58 bits per heavy atom. The van der Waals surface area contributed by atoms with Crippen molar-refractivity contribution in [3.63, 3.8) is 0 Å². The Hall–Kier alpha value is -0.303. The molecule has 0 aliphatic carbocycles. The van der Waals surface area contributed by atoms with Gasteiger partial charge in [0.15, 0.2) is 6.29 Å². The molecule has 0 radical (unpaired) electrons. The fraction of sp³-hybridized carbons (Fsp3) is 0.875. The molecule has 1 unspecified atom stereocenters. The minimum atomic E-state index is -1.15. The molecule has 0 aromatic heterocycles. The zero-order valence-electron chi connectivity index (χ0n) is 13.0. The Kier molecular flexibility index (Phi) is 8.44. The zero-order chi connectivity index (χ0) is 14.0. The topological polar surface area (TPSA) is 18.5 Å². The summed E-state index contributed by atoms with van der Waals surface area (Å²) in [5.41, 5.74) is 3.41. The van der Waals surface area contributed by atoms with Gasteiger partial charge in [-0.2, -0.15) is 0 Å². The van der Waals surface area contributed by atoms with Crippen molar-refractivity contribution in [2.75, 3.05) is 13.2 Å². The molecule has 0 amide bonds. The molecule has 1 heterocycles. The van der Waals surface area contributed by atoms with Gasteiger partial charge in [-0.05, 0) is 32.1 Å². The molecule has 0 N–H and O–H groups in total. The van der Waals surface area contributed by atoms with Crippen molar-refractivity contribution in [2.45, 2.75) is 77.3 Å². The van der Waals surface area contributed by atoms with Gasteiger partial charge in [-0.1, -0.05) is 32.5 Å². The minimum absolute atomic E-state index is 0.0800. The summed E-state index contributed by atoms with van der Waals surface area (Å²) in [4.78, 5) is 0. The van der Waals surface area contributed by atoms with Crippen LogP contribution in [0.2, 0.25) is 19.6 Å². The summed E-state index contributed by atoms with van der Waals surface area (Å²) in [7, 11) is -1.15. The van der Waals surface area contributed by atoms with E-state index in [0.29, 0.717) is 0 Å².